The second kappa shape index (κ2) is 6.46. The monoisotopic (exact) mass is 307 g/mol. The Hall–Kier alpha value is -1.64. The smallest absolute Gasteiger partial charge is 0.0512 e. The van der Waals surface area contributed by atoms with Gasteiger partial charge < -0.3 is 4.74 Å². The van der Waals surface area contributed by atoms with Gasteiger partial charge in [0.1, 0.15) is 0 Å². The van der Waals surface area contributed by atoms with Gasteiger partial charge >= 0.3 is 0 Å². The van der Waals surface area contributed by atoms with E-state index in [-0.39, 0.29) is 0 Å². The highest BCUT2D eigenvalue weighted by molar-refractivity contribution is 5.20. The summed E-state index contributed by atoms with van der Waals surface area (Å²) in [6.45, 7) is 3.95. The number of ether oxygens (including phenoxy) is 1. The minimum absolute atomic E-state index is 0.363. The molecule has 2 aromatic rings. The Labute approximate surface area is 139 Å². The third-order valence-electron chi connectivity index (χ3n) is 5.51. The molecule has 2 aliphatic rings. The van der Waals surface area contributed by atoms with Gasteiger partial charge in [0.25, 0.3) is 0 Å². The molecule has 4 rings (SSSR count). The Kier molecular flexibility index (Phi) is 4.19. The predicted octanol–water partition coefficient (Wildman–Crippen LogP) is 4.26. The average molecular weight is 307 g/mol. The van der Waals surface area contributed by atoms with Gasteiger partial charge in [0.05, 0.1) is 6.61 Å². The molecule has 2 heteroatoms. The molecular formula is C21H25NO. The number of benzene rings is 2. The number of rotatable bonds is 6. The maximum Gasteiger partial charge on any atom is 0.0512 e. The molecule has 0 spiro atoms. The predicted molar refractivity (Wildman–Crippen MR) is 93.0 cm³/mol. The molecule has 0 N–H and O–H groups in total. The van der Waals surface area contributed by atoms with Crippen LogP contribution in [0.3, 0.4) is 0 Å². The van der Waals surface area contributed by atoms with Crippen LogP contribution in [0.1, 0.15) is 30.4 Å². The van der Waals surface area contributed by atoms with Crippen LogP contribution in [-0.2, 0) is 17.8 Å². The second-order valence-electron chi connectivity index (χ2n) is 6.99. The summed E-state index contributed by atoms with van der Waals surface area (Å²) in [5.74, 6) is 0.704. The lowest BCUT2D eigenvalue weighted by Crippen LogP contribution is -2.42. The minimum Gasteiger partial charge on any atom is -0.381 e. The average Bonchev–Trinajstić information content (AvgIpc) is 3.22. The first-order chi connectivity index (χ1) is 11.4. The molecule has 23 heavy (non-hydrogen) atoms. The van der Waals surface area contributed by atoms with Crippen LogP contribution >= 0.6 is 0 Å². The highest BCUT2D eigenvalue weighted by Gasteiger charge is 2.54. The van der Waals surface area contributed by atoms with Crippen molar-refractivity contribution >= 4 is 0 Å². The molecule has 0 amide bonds. The van der Waals surface area contributed by atoms with Gasteiger partial charge in [0, 0.05) is 31.2 Å². The summed E-state index contributed by atoms with van der Waals surface area (Å²) in [6.07, 6.45) is 3.86. The standard InChI is InChI=1S/C21H25NO/c1-3-7-18(8-4-1)15-22(16-19-9-5-2-6-10-19)21(12-13-21)20-11-14-23-17-20/h1-10,20H,11-17H2. The summed E-state index contributed by atoms with van der Waals surface area (Å²) in [4.78, 5) is 2.72. The lowest BCUT2D eigenvalue weighted by atomic mass is 9.93. The van der Waals surface area contributed by atoms with Gasteiger partial charge in [-0.05, 0) is 30.4 Å². The van der Waals surface area contributed by atoms with Gasteiger partial charge in [-0.3, -0.25) is 4.90 Å². The zero-order valence-electron chi connectivity index (χ0n) is 13.7. The van der Waals surface area contributed by atoms with Crippen LogP contribution in [-0.4, -0.2) is 23.7 Å². The molecule has 1 aliphatic heterocycles. The van der Waals surface area contributed by atoms with Gasteiger partial charge in [0.2, 0.25) is 0 Å². The van der Waals surface area contributed by atoms with Crippen molar-refractivity contribution in [3.63, 3.8) is 0 Å². The molecule has 0 bridgehead atoms. The Morgan fingerprint density at radius 1 is 0.870 bits per heavy atom. The minimum atomic E-state index is 0.363. The van der Waals surface area contributed by atoms with Crippen LogP contribution < -0.4 is 0 Å². The quantitative estimate of drug-likeness (QED) is 0.790. The van der Waals surface area contributed by atoms with Crippen LogP contribution in [0.15, 0.2) is 60.7 Å². The SMILES string of the molecule is c1ccc(CN(Cc2ccccc2)C2(C3CCOC3)CC2)cc1. The molecule has 2 nitrogen and oxygen atoms in total. The molecule has 1 unspecified atom stereocenters. The molecule has 1 saturated heterocycles. The number of nitrogens with zero attached hydrogens (tertiary/aromatic N) is 1. The fourth-order valence-electron chi connectivity index (χ4n) is 4.05. The molecule has 120 valence electrons. The van der Waals surface area contributed by atoms with Gasteiger partial charge in [-0.2, -0.15) is 0 Å². The van der Waals surface area contributed by atoms with Gasteiger partial charge in [-0.15, -0.1) is 0 Å². The van der Waals surface area contributed by atoms with Crippen molar-refractivity contribution in [3.05, 3.63) is 71.8 Å². The van der Waals surface area contributed by atoms with Crippen molar-refractivity contribution in [1.82, 2.24) is 4.90 Å². The Bertz CT molecular complexity index is 573. The van der Waals surface area contributed by atoms with Crippen molar-refractivity contribution < 1.29 is 4.74 Å². The van der Waals surface area contributed by atoms with Crippen LogP contribution in [0.2, 0.25) is 0 Å². The van der Waals surface area contributed by atoms with Gasteiger partial charge in [0.15, 0.2) is 0 Å². The van der Waals surface area contributed by atoms with Crippen molar-refractivity contribution in [3.8, 4) is 0 Å². The lowest BCUT2D eigenvalue weighted by Gasteiger charge is -2.36. The first-order valence-electron chi connectivity index (χ1n) is 8.77. The highest BCUT2D eigenvalue weighted by Crippen LogP contribution is 2.51. The van der Waals surface area contributed by atoms with E-state index in [2.05, 4.69) is 65.6 Å². The third-order valence-corrected chi connectivity index (χ3v) is 5.51. The maximum atomic E-state index is 5.71. The summed E-state index contributed by atoms with van der Waals surface area (Å²) in [6, 6.07) is 21.8. The zero-order chi connectivity index (χ0) is 15.5. The van der Waals surface area contributed by atoms with Crippen molar-refractivity contribution in [2.24, 2.45) is 5.92 Å². The molecule has 0 aromatic heterocycles. The lowest BCUT2D eigenvalue weighted by molar-refractivity contribution is 0.0880. The van der Waals surface area contributed by atoms with Crippen molar-refractivity contribution in [1.29, 1.82) is 0 Å². The molecule has 2 aromatic carbocycles. The van der Waals surface area contributed by atoms with Crippen LogP contribution in [0.5, 0.6) is 0 Å². The number of hydrogen-bond acceptors (Lipinski definition) is 2. The first-order valence-corrected chi connectivity index (χ1v) is 8.77. The molecular weight excluding hydrogens is 282 g/mol. The molecule has 1 aliphatic carbocycles. The second-order valence-corrected chi connectivity index (χ2v) is 6.99. The summed E-state index contributed by atoms with van der Waals surface area (Å²) in [7, 11) is 0. The Morgan fingerprint density at radius 3 is 1.87 bits per heavy atom. The van der Waals surface area contributed by atoms with Crippen LogP contribution in [0.4, 0.5) is 0 Å². The number of hydrogen-bond donors (Lipinski definition) is 0. The molecule has 1 saturated carbocycles. The van der Waals surface area contributed by atoms with E-state index in [0.29, 0.717) is 11.5 Å². The third kappa shape index (κ3) is 3.19. The van der Waals surface area contributed by atoms with Crippen molar-refractivity contribution in [2.75, 3.05) is 13.2 Å². The molecule has 0 radical (unpaired) electrons. The highest BCUT2D eigenvalue weighted by atomic mass is 16.5. The zero-order valence-corrected chi connectivity index (χ0v) is 13.7. The van der Waals surface area contributed by atoms with E-state index < -0.39 is 0 Å². The normalized spacial score (nSPS) is 22.4. The fourth-order valence-corrected chi connectivity index (χ4v) is 4.05. The molecule has 1 heterocycles. The van der Waals surface area contributed by atoms with Crippen LogP contribution in [0.25, 0.3) is 0 Å². The Morgan fingerprint density at radius 2 is 1.43 bits per heavy atom. The van der Waals surface area contributed by atoms with Crippen LogP contribution in [0, 0.1) is 5.92 Å². The molecule has 1 atom stereocenters. The Balaban J connectivity index is 1.58. The molecule has 2 fully saturated rings. The van der Waals surface area contributed by atoms with Gasteiger partial charge in [-0.1, -0.05) is 60.7 Å². The summed E-state index contributed by atoms with van der Waals surface area (Å²) in [5, 5.41) is 0. The summed E-state index contributed by atoms with van der Waals surface area (Å²) >= 11 is 0. The van der Waals surface area contributed by atoms with E-state index >= 15 is 0 Å². The first kappa shape index (κ1) is 14.9. The van der Waals surface area contributed by atoms with E-state index in [9.17, 15) is 0 Å². The van der Waals surface area contributed by atoms with E-state index in [1.807, 2.05) is 0 Å². The van der Waals surface area contributed by atoms with Gasteiger partial charge in [-0.25, -0.2) is 0 Å². The van der Waals surface area contributed by atoms with E-state index in [4.69, 9.17) is 4.74 Å². The summed E-state index contributed by atoms with van der Waals surface area (Å²) in [5.41, 5.74) is 3.18. The van der Waals surface area contributed by atoms with Crippen molar-refractivity contribution in [2.45, 2.75) is 37.9 Å². The van der Waals surface area contributed by atoms with E-state index in [1.54, 1.807) is 0 Å². The maximum absolute atomic E-state index is 5.71. The fraction of sp³-hybridized carbons (Fsp3) is 0.429. The van der Waals surface area contributed by atoms with E-state index in [0.717, 1.165) is 26.3 Å². The topological polar surface area (TPSA) is 12.5 Å². The van der Waals surface area contributed by atoms with E-state index in [1.165, 1.54) is 30.4 Å². The largest absolute Gasteiger partial charge is 0.381 e. The summed E-state index contributed by atoms with van der Waals surface area (Å²) < 4.78 is 5.71.